The molecule has 0 amide bonds. The summed E-state index contributed by atoms with van der Waals surface area (Å²) in [5.41, 5.74) is -0.424. The Morgan fingerprint density at radius 1 is 1.04 bits per heavy atom. The van der Waals surface area contributed by atoms with Gasteiger partial charge in [-0.25, -0.2) is 13.1 Å². The number of unbranched alkanes of at least 4 members (excludes halogenated alkanes) is 1. The maximum absolute atomic E-state index is 12.7. The van der Waals surface area contributed by atoms with Crippen molar-refractivity contribution >= 4 is 21.1 Å². The molecule has 1 atom stereocenters. The number of benzene rings is 1. The minimum Gasteiger partial charge on any atom is -0.305 e. The van der Waals surface area contributed by atoms with Crippen LogP contribution >= 0.6 is 0 Å². The van der Waals surface area contributed by atoms with Crippen molar-refractivity contribution in [3.63, 3.8) is 0 Å². The highest BCUT2D eigenvalue weighted by Crippen LogP contribution is 2.18. The third-order valence-electron chi connectivity index (χ3n) is 4.88. The molecule has 2 rings (SSSR count). The molecule has 1 heterocycles. The molecule has 0 spiro atoms. The van der Waals surface area contributed by atoms with Crippen LogP contribution in [0.2, 0.25) is 0 Å². The fraction of sp³-hybridized carbons (Fsp3) is 0.556. The average Bonchev–Trinajstić information content (AvgIpc) is 2.64. The molecule has 0 saturated carbocycles. The van der Waals surface area contributed by atoms with Crippen LogP contribution in [0.1, 0.15) is 39.5 Å². The molecule has 0 radical (unpaired) electrons. The summed E-state index contributed by atoms with van der Waals surface area (Å²) in [4.78, 5) is 24.0. The van der Waals surface area contributed by atoms with Crippen molar-refractivity contribution in [1.82, 2.24) is 13.9 Å². The number of fused-ring (bicyclic) bond motifs is 1. The molecule has 1 N–H and O–H groups in total. The van der Waals surface area contributed by atoms with Crippen molar-refractivity contribution in [2.24, 2.45) is 20.0 Å². The zero-order valence-corrected chi connectivity index (χ0v) is 16.6. The first kappa shape index (κ1) is 20.4. The van der Waals surface area contributed by atoms with Crippen molar-refractivity contribution in [2.75, 3.05) is 6.54 Å². The molecule has 26 heavy (non-hydrogen) atoms. The minimum atomic E-state index is -3.69. The summed E-state index contributed by atoms with van der Waals surface area (Å²) in [5.74, 6) is 0.301. The molecule has 144 valence electrons. The van der Waals surface area contributed by atoms with Crippen molar-refractivity contribution < 1.29 is 8.42 Å². The largest absolute Gasteiger partial charge is 0.316 e. The number of nitrogens with zero attached hydrogens (tertiary/aromatic N) is 2. The third kappa shape index (κ3) is 4.07. The number of hydrogen-bond acceptors (Lipinski definition) is 4. The molecule has 1 aromatic heterocycles. The van der Waals surface area contributed by atoms with Gasteiger partial charge < -0.3 is 9.13 Å². The van der Waals surface area contributed by atoms with Gasteiger partial charge in [0.15, 0.2) is 0 Å². The highest BCUT2D eigenvalue weighted by atomic mass is 32.2. The van der Waals surface area contributed by atoms with Gasteiger partial charge in [0.05, 0.1) is 15.9 Å². The lowest BCUT2D eigenvalue weighted by Crippen LogP contribution is -2.39. The molecule has 0 aliphatic carbocycles. The summed E-state index contributed by atoms with van der Waals surface area (Å²) in [6.45, 7) is 4.56. The first-order valence-electron chi connectivity index (χ1n) is 8.92. The molecule has 1 aromatic carbocycles. The molecule has 0 unspecified atom stereocenters. The summed E-state index contributed by atoms with van der Waals surface area (Å²) in [7, 11) is -0.723. The number of aromatic nitrogens is 2. The van der Waals surface area contributed by atoms with Gasteiger partial charge in [0.2, 0.25) is 10.0 Å². The normalized spacial score (nSPS) is 13.2. The van der Waals surface area contributed by atoms with Gasteiger partial charge in [-0.15, -0.1) is 0 Å². The lowest BCUT2D eigenvalue weighted by Gasteiger charge is -2.16. The van der Waals surface area contributed by atoms with Crippen LogP contribution in [-0.2, 0) is 24.1 Å². The van der Waals surface area contributed by atoms with Crippen LogP contribution in [0.5, 0.6) is 0 Å². The SMILES string of the molecule is CCCC[C@H](CC)CNS(=O)(=O)c1ccc2c(c1)n(C)c(=O)c(=O)n2C. The van der Waals surface area contributed by atoms with Crippen LogP contribution in [0.25, 0.3) is 11.0 Å². The van der Waals surface area contributed by atoms with Crippen LogP contribution in [0.3, 0.4) is 0 Å². The van der Waals surface area contributed by atoms with Gasteiger partial charge in [0.1, 0.15) is 0 Å². The Morgan fingerprint density at radius 3 is 2.23 bits per heavy atom. The van der Waals surface area contributed by atoms with E-state index in [1.807, 2.05) is 0 Å². The highest BCUT2D eigenvalue weighted by molar-refractivity contribution is 7.89. The van der Waals surface area contributed by atoms with E-state index < -0.39 is 21.1 Å². The van der Waals surface area contributed by atoms with E-state index >= 15 is 0 Å². The summed E-state index contributed by atoms with van der Waals surface area (Å²) < 4.78 is 30.4. The van der Waals surface area contributed by atoms with Gasteiger partial charge in [0, 0.05) is 20.6 Å². The number of aryl methyl sites for hydroxylation is 2. The first-order chi connectivity index (χ1) is 12.2. The second kappa shape index (κ2) is 8.18. The fourth-order valence-electron chi connectivity index (χ4n) is 2.98. The second-order valence-corrected chi connectivity index (χ2v) is 8.41. The van der Waals surface area contributed by atoms with Crippen LogP contribution in [0.15, 0.2) is 32.7 Å². The van der Waals surface area contributed by atoms with E-state index in [0.717, 1.165) is 25.7 Å². The van der Waals surface area contributed by atoms with E-state index in [1.54, 1.807) is 6.07 Å². The second-order valence-electron chi connectivity index (χ2n) is 6.65. The minimum absolute atomic E-state index is 0.0870. The molecule has 7 nitrogen and oxygen atoms in total. The Bertz CT molecular complexity index is 1010. The topological polar surface area (TPSA) is 90.2 Å². The van der Waals surface area contributed by atoms with Crippen LogP contribution < -0.4 is 15.8 Å². The van der Waals surface area contributed by atoms with Gasteiger partial charge in [-0.1, -0.05) is 33.1 Å². The smallest absolute Gasteiger partial charge is 0.305 e. The van der Waals surface area contributed by atoms with E-state index in [-0.39, 0.29) is 4.90 Å². The Labute approximate surface area is 153 Å². The van der Waals surface area contributed by atoms with Gasteiger partial charge >= 0.3 is 11.1 Å². The molecule has 0 bridgehead atoms. The molecular weight excluding hydrogens is 354 g/mol. The lowest BCUT2D eigenvalue weighted by atomic mass is 10.00. The van der Waals surface area contributed by atoms with E-state index in [2.05, 4.69) is 18.6 Å². The van der Waals surface area contributed by atoms with Crippen molar-refractivity contribution in [3.8, 4) is 0 Å². The van der Waals surface area contributed by atoms with Gasteiger partial charge in [-0.05, 0) is 30.5 Å². The van der Waals surface area contributed by atoms with Gasteiger partial charge in [-0.3, -0.25) is 9.59 Å². The predicted octanol–water partition coefficient (Wildman–Crippen LogP) is 1.73. The van der Waals surface area contributed by atoms with E-state index in [1.165, 1.54) is 35.4 Å². The van der Waals surface area contributed by atoms with Crippen molar-refractivity contribution in [3.05, 3.63) is 38.9 Å². The van der Waals surface area contributed by atoms with Crippen molar-refractivity contribution in [1.29, 1.82) is 0 Å². The molecule has 0 fully saturated rings. The van der Waals surface area contributed by atoms with E-state index in [4.69, 9.17) is 0 Å². The summed E-state index contributed by atoms with van der Waals surface area (Å²) in [6.07, 6.45) is 4.06. The van der Waals surface area contributed by atoms with E-state index in [0.29, 0.717) is 23.5 Å². The monoisotopic (exact) mass is 381 g/mol. The van der Waals surface area contributed by atoms with Gasteiger partial charge in [0.25, 0.3) is 0 Å². The third-order valence-corrected chi connectivity index (χ3v) is 6.30. The average molecular weight is 381 g/mol. The maximum atomic E-state index is 12.7. The van der Waals surface area contributed by atoms with Crippen molar-refractivity contribution in [2.45, 2.75) is 44.4 Å². The summed E-state index contributed by atoms with van der Waals surface area (Å²) in [5, 5.41) is 0. The molecule has 2 aromatic rings. The molecule has 8 heteroatoms. The zero-order chi connectivity index (χ0) is 19.5. The Morgan fingerprint density at radius 2 is 1.65 bits per heavy atom. The molecular formula is C18H27N3O4S. The Hall–Kier alpha value is -1.93. The first-order valence-corrected chi connectivity index (χ1v) is 10.4. The van der Waals surface area contributed by atoms with Crippen LogP contribution in [-0.4, -0.2) is 24.1 Å². The predicted molar refractivity (Wildman–Crippen MR) is 103 cm³/mol. The maximum Gasteiger partial charge on any atom is 0.316 e. The quantitative estimate of drug-likeness (QED) is 0.705. The Balaban J connectivity index is 2.37. The molecule has 0 saturated heterocycles. The number of sulfonamides is 1. The summed E-state index contributed by atoms with van der Waals surface area (Å²) >= 11 is 0. The lowest BCUT2D eigenvalue weighted by molar-refractivity contribution is 0.444. The van der Waals surface area contributed by atoms with E-state index in [9.17, 15) is 18.0 Å². The standard InChI is InChI=1S/C18H27N3O4S/c1-5-7-8-13(6-2)12-19-26(24,25)14-9-10-15-16(11-14)21(4)18(23)17(22)20(15)3/h9-11,13,19H,5-8,12H2,1-4H3/t13-/m0/s1. The zero-order valence-electron chi connectivity index (χ0n) is 15.8. The van der Waals surface area contributed by atoms with Gasteiger partial charge in [-0.2, -0.15) is 0 Å². The highest BCUT2D eigenvalue weighted by Gasteiger charge is 2.18. The molecule has 0 aliphatic rings. The number of rotatable bonds is 8. The summed E-state index contributed by atoms with van der Waals surface area (Å²) in [6, 6.07) is 4.45. The molecule has 0 aliphatic heterocycles. The van der Waals surface area contributed by atoms with Crippen LogP contribution in [0, 0.1) is 5.92 Å². The number of hydrogen-bond donors (Lipinski definition) is 1. The van der Waals surface area contributed by atoms with Crippen LogP contribution in [0.4, 0.5) is 0 Å². The fourth-order valence-corrected chi connectivity index (χ4v) is 4.12. The number of nitrogens with one attached hydrogen (secondary N) is 1. The Kier molecular flexibility index (Phi) is 6.41.